The molecule has 0 aromatic heterocycles. The van der Waals surface area contributed by atoms with Crippen molar-refractivity contribution in [1.82, 2.24) is 0 Å². The maximum absolute atomic E-state index is 9.53. The van der Waals surface area contributed by atoms with Crippen molar-refractivity contribution in [1.29, 1.82) is 0 Å². The predicted octanol–water partition coefficient (Wildman–Crippen LogP) is 3.44. The second-order valence-electron chi connectivity index (χ2n) is 4.95. The minimum atomic E-state index is -0.306. The number of rotatable bonds is 2. The molecule has 1 aliphatic rings. The number of aliphatic hydroxyl groups is 1. The lowest BCUT2D eigenvalue weighted by atomic mass is 9.86. The average Bonchev–Trinajstić information content (AvgIpc) is 2.16. The van der Waals surface area contributed by atoms with Gasteiger partial charge in [-0.2, -0.15) is 0 Å². The van der Waals surface area contributed by atoms with E-state index in [0.717, 1.165) is 0 Å². The highest BCUT2D eigenvalue weighted by atomic mass is 16.3. The van der Waals surface area contributed by atoms with E-state index in [9.17, 15) is 5.11 Å². The first-order chi connectivity index (χ1) is 6.52. The van der Waals surface area contributed by atoms with E-state index in [1.165, 1.54) is 37.7 Å². The van der Waals surface area contributed by atoms with E-state index in [-0.39, 0.29) is 11.5 Å². The highest BCUT2D eigenvalue weighted by molar-refractivity contribution is 5.07. The molecule has 0 heterocycles. The molecule has 1 heteroatoms. The van der Waals surface area contributed by atoms with Gasteiger partial charge in [0.2, 0.25) is 0 Å². The minimum Gasteiger partial charge on any atom is -0.393 e. The third-order valence-corrected chi connectivity index (χ3v) is 3.18. The molecule has 0 saturated heterocycles. The van der Waals surface area contributed by atoms with Crippen LogP contribution in [0.5, 0.6) is 0 Å². The van der Waals surface area contributed by atoms with Crippen LogP contribution in [0, 0.1) is 5.41 Å². The van der Waals surface area contributed by atoms with Gasteiger partial charge in [-0.3, -0.25) is 0 Å². The Morgan fingerprint density at radius 3 is 2.36 bits per heavy atom. The van der Waals surface area contributed by atoms with E-state index in [0.29, 0.717) is 0 Å². The van der Waals surface area contributed by atoms with E-state index in [4.69, 9.17) is 0 Å². The number of hydrogen-bond donors (Lipinski definition) is 1. The van der Waals surface area contributed by atoms with Crippen molar-refractivity contribution in [3.63, 3.8) is 0 Å². The summed E-state index contributed by atoms with van der Waals surface area (Å²) in [5.41, 5.74) is 4.66. The van der Waals surface area contributed by atoms with Crippen LogP contribution in [0.1, 0.15) is 52.9 Å². The molecule has 0 radical (unpaired) electrons. The zero-order valence-corrected chi connectivity index (χ0v) is 9.64. The van der Waals surface area contributed by atoms with Gasteiger partial charge in [-0.15, -0.1) is 5.73 Å². The Balaban J connectivity index is 2.68. The molecule has 0 bridgehead atoms. The normalized spacial score (nSPS) is 20.1. The standard InChI is InChI=1S/C13H22O/c1-11(14)13(2,3)10-9-12-7-5-4-6-8-12/h10-11,14H,4-8H2,1-3H3. The third kappa shape index (κ3) is 3.32. The molecule has 1 rings (SSSR count). The maximum atomic E-state index is 9.53. The number of aliphatic hydroxyl groups excluding tert-OH is 1. The summed E-state index contributed by atoms with van der Waals surface area (Å²) in [6.07, 6.45) is 8.12. The lowest BCUT2D eigenvalue weighted by Crippen LogP contribution is -2.23. The van der Waals surface area contributed by atoms with Crippen molar-refractivity contribution in [2.24, 2.45) is 5.41 Å². The Morgan fingerprint density at radius 2 is 1.86 bits per heavy atom. The van der Waals surface area contributed by atoms with Crippen LogP contribution >= 0.6 is 0 Å². The Hall–Kier alpha value is -0.520. The molecule has 1 aliphatic carbocycles. The Kier molecular flexibility index (Phi) is 3.97. The third-order valence-electron chi connectivity index (χ3n) is 3.18. The lowest BCUT2D eigenvalue weighted by Gasteiger charge is -2.22. The van der Waals surface area contributed by atoms with Gasteiger partial charge in [-0.05, 0) is 44.3 Å². The van der Waals surface area contributed by atoms with Crippen LogP contribution in [-0.4, -0.2) is 11.2 Å². The Labute approximate surface area is 87.5 Å². The van der Waals surface area contributed by atoms with Gasteiger partial charge in [0.25, 0.3) is 0 Å². The van der Waals surface area contributed by atoms with Crippen LogP contribution in [0.15, 0.2) is 17.4 Å². The monoisotopic (exact) mass is 194 g/mol. The molecule has 1 saturated carbocycles. The molecule has 1 fully saturated rings. The molecule has 0 aromatic carbocycles. The molecule has 14 heavy (non-hydrogen) atoms. The molecule has 0 aliphatic heterocycles. The summed E-state index contributed by atoms with van der Waals surface area (Å²) in [6.45, 7) is 5.94. The molecule has 1 N–H and O–H groups in total. The minimum absolute atomic E-state index is 0.148. The van der Waals surface area contributed by atoms with E-state index in [1.54, 1.807) is 0 Å². The molecule has 0 amide bonds. The largest absolute Gasteiger partial charge is 0.393 e. The molecule has 0 spiro atoms. The summed E-state index contributed by atoms with van der Waals surface area (Å²) in [5.74, 6) is 0. The summed E-state index contributed by atoms with van der Waals surface area (Å²) >= 11 is 0. The fourth-order valence-corrected chi connectivity index (χ4v) is 1.53. The first-order valence-corrected chi connectivity index (χ1v) is 5.66. The van der Waals surface area contributed by atoms with Crippen molar-refractivity contribution >= 4 is 0 Å². The zero-order valence-electron chi connectivity index (χ0n) is 9.64. The van der Waals surface area contributed by atoms with Crippen LogP contribution in [0.25, 0.3) is 0 Å². The van der Waals surface area contributed by atoms with Crippen LogP contribution in [-0.2, 0) is 0 Å². The van der Waals surface area contributed by atoms with Gasteiger partial charge >= 0.3 is 0 Å². The zero-order chi connectivity index (χ0) is 10.6. The van der Waals surface area contributed by atoms with E-state index >= 15 is 0 Å². The summed E-state index contributed by atoms with van der Waals surface area (Å²) in [7, 11) is 0. The van der Waals surface area contributed by atoms with Crippen LogP contribution in [0.2, 0.25) is 0 Å². The molecule has 80 valence electrons. The summed E-state index contributed by atoms with van der Waals surface area (Å²) in [4.78, 5) is 0. The fourth-order valence-electron chi connectivity index (χ4n) is 1.53. The smallest absolute Gasteiger partial charge is 0.0603 e. The highest BCUT2D eigenvalue weighted by Gasteiger charge is 2.20. The van der Waals surface area contributed by atoms with Crippen molar-refractivity contribution in [3.05, 3.63) is 17.4 Å². The second-order valence-corrected chi connectivity index (χ2v) is 4.95. The van der Waals surface area contributed by atoms with Crippen molar-refractivity contribution < 1.29 is 5.11 Å². The van der Waals surface area contributed by atoms with Crippen molar-refractivity contribution in [3.8, 4) is 0 Å². The van der Waals surface area contributed by atoms with Crippen molar-refractivity contribution in [2.45, 2.75) is 59.0 Å². The molecular weight excluding hydrogens is 172 g/mol. The lowest BCUT2D eigenvalue weighted by molar-refractivity contribution is 0.0997. The van der Waals surface area contributed by atoms with Gasteiger partial charge in [0.05, 0.1) is 6.10 Å². The maximum Gasteiger partial charge on any atom is 0.0603 e. The summed E-state index contributed by atoms with van der Waals surface area (Å²) in [5, 5.41) is 9.53. The Bertz CT molecular complexity index is 234. The number of hydrogen-bond acceptors (Lipinski definition) is 1. The van der Waals surface area contributed by atoms with Gasteiger partial charge < -0.3 is 5.11 Å². The molecule has 0 aromatic rings. The first-order valence-electron chi connectivity index (χ1n) is 5.66. The van der Waals surface area contributed by atoms with Crippen molar-refractivity contribution in [2.75, 3.05) is 0 Å². The fraction of sp³-hybridized carbons (Fsp3) is 0.769. The molecule has 1 atom stereocenters. The molecule has 1 unspecified atom stereocenters. The topological polar surface area (TPSA) is 20.2 Å². The van der Waals surface area contributed by atoms with Crippen LogP contribution in [0.4, 0.5) is 0 Å². The van der Waals surface area contributed by atoms with Crippen LogP contribution in [0.3, 0.4) is 0 Å². The Morgan fingerprint density at radius 1 is 1.29 bits per heavy atom. The SMILES string of the molecule is CC(O)C(C)(C)C=C=C1CCCCC1. The second kappa shape index (κ2) is 4.82. The molecule has 1 nitrogen and oxygen atoms in total. The van der Waals surface area contributed by atoms with Gasteiger partial charge in [-0.25, -0.2) is 0 Å². The summed E-state index contributed by atoms with van der Waals surface area (Å²) in [6, 6.07) is 0. The average molecular weight is 194 g/mol. The molecular formula is C13H22O. The quantitative estimate of drug-likeness (QED) is 0.668. The van der Waals surface area contributed by atoms with E-state index in [1.807, 2.05) is 26.8 Å². The van der Waals surface area contributed by atoms with Gasteiger partial charge in [0, 0.05) is 5.41 Å². The first kappa shape index (κ1) is 11.6. The van der Waals surface area contributed by atoms with Crippen LogP contribution < -0.4 is 0 Å². The highest BCUT2D eigenvalue weighted by Crippen LogP contribution is 2.25. The van der Waals surface area contributed by atoms with E-state index in [2.05, 4.69) is 5.73 Å². The van der Waals surface area contributed by atoms with E-state index < -0.39 is 0 Å². The van der Waals surface area contributed by atoms with Gasteiger partial charge in [0.1, 0.15) is 0 Å². The van der Waals surface area contributed by atoms with Gasteiger partial charge in [0.15, 0.2) is 0 Å². The predicted molar refractivity (Wildman–Crippen MR) is 60.1 cm³/mol. The summed E-state index contributed by atoms with van der Waals surface area (Å²) < 4.78 is 0. The van der Waals surface area contributed by atoms with Gasteiger partial charge in [-0.1, -0.05) is 20.3 Å².